The normalized spacial score (nSPS) is 14.3. The summed E-state index contributed by atoms with van der Waals surface area (Å²) in [6.45, 7) is 2.50. The van der Waals surface area contributed by atoms with Gasteiger partial charge in [0.15, 0.2) is 5.69 Å². The Morgan fingerprint density at radius 2 is 2.12 bits per heavy atom. The predicted octanol–water partition coefficient (Wildman–Crippen LogP) is 4.85. The van der Waals surface area contributed by atoms with Gasteiger partial charge in [-0.1, -0.05) is 18.2 Å². The molecular formula is C18H16N2O2S2. The van der Waals surface area contributed by atoms with E-state index in [1.807, 2.05) is 40.6 Å². The van der Waals surface area contributed by atoms with Crippen LogP contribution in [0.2, 0.25) is 0 Å². The van der Waals surface area contributed by atoms with Gasteiger partial charge in [0, 0.05) is 11.4 Å². The molecular weight excluding hydrogens is 340 g/mol. The Morgan fingerprint density at radius 1 is 1.25 bits per heavy atom. The van der Waals surface area contributed by atoms with Gasteiger partial charge in [-0.15, -0.1) is 23.1 Å². The SMILES string of the molecule is Cc1oc(-c2cccs2)nc1C(=O)N1CCCSc2ccccc21. The van der Waals surface area contributed by atoms with Crippen molar-refractivity contribution in [2.24, 2.45) is 0 Å². The zero-order valence-electron chi connectivity index (χ0n) is 13.2. The molecule has 2 aromatic heterocycles. The summed E-state index contributed by atoms with van der Waals surface area (Å²) in [5, 5.41) is 1.97. The second kappa shape index (κ2) is 6.45. The number of benzene rings is 1. The van der Waals surface area contributed by atoms with Crippen LogP contribution < -0.4 is 4.90 Å². The number of carbonyl (C=O) groups is 1. The van der Waals surface area contributed by atoms with Gasteiger partial charge in [-0.3, -0.25) is 4.79 Å². The van der Waals surface area contributed by atoms with E-state index in [1.165, 1.54) is 0 Å². The van der Waals surface area contributed by atoms with Gasteiger partial charge in [-0.25, -0.2) is 4.98 Å². The zero-order valence-corrected chi connectivity index (χ0v) is 14.8. The summed E-state index contributed by atoms with van der Waals surface area (Å²) >= 11 is 3.35. The molecule has 0 saturated heterocycles. The van der Waals surface area contributed by atoms with E-state index in [2.05, 4.69) is 11.1 Å². The maximum Gasteiger partial charge on any atom is 0.280 e. The fourth-order valence-corrected chi connectivity index (χ4v) is 4.41. The van der Waals surface area contributed by atoms with E-state index in [0.717, 1.165) is 27.6 Å². The highest BCUT2D eigenvalue weighted by atomic mass is 32.2. The molecule has 24 heavy (non-hydrogen) atoms. The predicted molar refractivity (Wildman–Crippen MR) is 98.0 cm³/mol. The maximum absolute atomic E-state index is 13.1. The summed E-state index contributed by atoms with van der Waals surface area (Å²) in [5.41, 5.74) is 1.37. The fourth-order valence-electron chi connectivity index (χ4n) is 2.77. The van der Waals surface area contributed by atoms with Crippen LogP contribution in [0.15, 0.2) is 51.1 Å². The number of aryl methyl sites for hydroxylation is 1. The van der Waals surface area contributed by atoms with E-state index in [0.29, 0.717) is 23.9 Å². The maximum atomic E-state index is 13.1. The van der Waals surface area contributed by atoms with E-state index in [9.17, 15) is 4.79 Å². The number of hydrogen-bond acceptors (Lipinski definition) is 5. The first-order valence-electron chi connectivity index (χ1n) is 7.79. The quantitative estimate of drug-likeness (QED) is 0.658. The molecule has 1 aliphatic rings. The topological polar surface area (TPSA) is 46.3 Å². The zero-order chi connectivity index (χ0) is 16.5. The molecule has 0 atom stereocenters. The standard InChI is InChI=1S/C18H16N2O2S2/c1-12-16(19-17(22-12)15-8-4-10-24-15)18(21)20-9-5-11-23-14-7-3-2-6-13(14)20/h2-4,6-8,10H,5,9,11H2,1H3. The summed E-state index contributed by atoms with van der Waals surface area (Å²) in [5.74, 6) is 2.01. The summed E-state index contributed by atoms with van der Waals surface area (Å²) in [6.07, 6.45) is 0.958. The van der Waals surface area contributed by atoms with E-state index in [1.54, 1.807) is 30.0 Å². The first kappa shape index (κ1) is 15.5. The number of anilines is 1. The summed E-state index contributed by atoms with van der Waals surface area (Å²) in [6, 6.07) is 11.9. The molecule has 0 spiro atoms. The van der Waals surface area contributed by atoms with Crippen molar-refractivity contribution in [3.05, 3.63) is 53.2 Å². The molecule has 0 unspecified atom stereocenters. The number of para-hydroxylation sites is 1. The van der Waals surface area contributed by atoms with Gasteiger partial charge in [0.05, 0.1) is 10.6 Å². The minimum atomic E-state index is -0.0889. The van der Waals surface area contributed by atoms with E-state index >= 15 is 0 Å². The van der Waals surface area contributed by atoms with E-state index < -0.39 is 0 Å². The summed E-state index contributed by atoms with van der Waals surface area (Å²) in [7, 11) is 0. The minimum Gasteiger partial charge on any atom is -0.440 e. The summed E-state index contributed by atoms with van der Waals surface area (Å²) < 4.78 is 5.74. The van der Waals surface area contributed by atoms with Crippen LogP contribution in [0.4, 0.5) is 5.69 Å². The molecule has 3 heterocycles. The van der Waals surface area contributed by atoms with Gasteiger partial charge < -0.3 is 9.32 Å². The molecule has 0 N–H and O–H groups in total. The highest BCUT2D eigenvalue weighted by Gasteiger charge is 2.27. The van der Waals surface area contributed by atoms with Crippen LogP contribution in [0.3, 0.4) is 0 Å². The lowest BCUT2D eigenvalue weighted by Gasteiger charge is -2.21. The average Bonchev–Trinajstić information content (AvgIpc) is 3.19. The van der Waals surface area contributed by atoms with Crippen LogP contribution in [0, 0.1) is 6.92 Å². The molecule has 4 nitrogen and oxygen atoms in total. The monoisotopic (exact) mass is 356 g/mol. The Balaban J connectivity index is 1.72. The van der Waals surface area contributed by atoms with Gasteiger partial charge in [0.2, 0.25) is 5.89 Å². The molecule has 1 aliphatic heterocycles. The third-order valence-electron chi connectivity index (χ3n) is 3.92. The van der Waals surface area contributed by atoms with E-state index in [4.69, 9.17) is 4.42 Å². The van der Waals surface area contributed by atoms with Crippen molar-refractivity contribution in [1.82, 2.24) is 4.98 Å². The lowest BCUT2D eigenvalue weighted by Crippen LogP contribution is -2.32. The van der Waals surface area contributed by atoms with Crippen molar-refractivity contribution in [2.45, 2.75) is 18.2 Å². The summed E-state index contributed by atoms with van der Waals surface area (Å²) in [4.78, 5) is 21.5. The van der Waals surface area contributed by atoms with Crippen molar-refractivity contribution in [2.75, 3.05) is 17.2 Å². The first-order chi connectivity index (χ1) is 11.7. The number of nitrogens with zero attached hydrogens (tertiary/aromatic N) is 2. The number of carbonyl (C=O) groups excluding carboxylic acids is 1. The van der Waals surface area contributed by atoms with Gasteiger partial charge >= 0.3 is 0 Å². The first-order valence-corrected chi connectivity index (χ1v) is 9.65. The highest BCUT2D eigenvalue weighted by molar-refractivity contribution is 7.99. The number of oxazole rings is 1. The Morgan fingerprint density at radius 3 is 2.96 bits per heavy atom. The largest absolute Gasteiger partial charge is 0.440 e. The molecule has 1 amide bonds. The van der Waals surface area contributed by atoms with Crippen molar-refractivity contribution in [3.8, 4) is 10.8 Å². The number of aromatic nitrogens is 1. The van der Waals surface area contributed by atoms with Gasteiger partial charge in [0.25, 0.3) is 5.91 Å². The molecule has 122 valence electrons. The van der Waals surface area contributed by atoms with Crippen molar-refractivity contribution in [3.63, 3.8) is 0 Å². The number of thiophene rings is 1. The lowest BCUT2D eigenvalue weighted by molar-refractivity contribution is 0.0981. The smallest absolute Gasteiger partial charge is 0.280 e. The second-order valence-electron chi connectivity index (χ2n) is 5.53. The van der Waals surface area contributed by atoms with Crippen LogP contribution >= 0.6 is 23.1 Å². The van der Waals surface area contributed by atoms with Crippen molar-refractivity contribution < 1.29 is 9.21 Å². The number of amides is 1. The highest BCUT2D eigenvalue weighted by Crippen LogP contribution is 2.35. The second-order valence-corrected chi connectivity index (χ2v) is 7.61. The average molecular weight is 356 g/mol. The number of fused-ring (bicyclic) bond motifs is 1. The fraction of sp³-hybridized carbons (Fsp3) is 0.222. The Labute approximate surface area is 148 Å². The Bertz CT molecular complexity index is 871. The molecule has 6 heteroatoms. The number of hydrogen-bond donors (Lipinski definition) is 0. The molecule has 0 bridgehead atoms. The third-order valence-corrected chi connectivity index (χ3v) is 5.92. The molecule has 1 aromatic carbocycles. The van der Waals surface area contributed by atoms with Crippen LogP contribution in [-0.2, 0) is 0 Å². The lowest BCUT2D eigenvalue weighted by atomic mass is 10.2. The molecule has 0 aliphatic carbocycles. The van der Waals surface area contributed by atoms with E-state index in [-0.39, 0.29) is 5.91 Å². The van der Waals surface area contributed by atoms with Crippen LogP contribution in [0.25, 0.3) is 10.8 Å². The molecule has 4 rings (SSSR count). The number of thioether (sulfide) groups is 1. The minimum absolute atomic E-state index is 0.0889. The van der Waals surface area contributed by atoms with Gasteiger partial charge in [-0.2, -0.15) is 0 Å². The molecule has 0 radical (unpaired) electrons. The van der Waals surface area contributed by atoms with Crippen LogP contribution in [-0.4, -0.2) is 23.2 Å². The van der Waals surface area contributed by atoms with Crippen LogP contribution in [0.5, 0.6) is 0 Å². The molecule has 0 saturated carbocycles. The van der Waals surface area contributed by atoms with Crippen molar-refractivity contribution in [1.29, 1.82) is 0 Å². The Hall–Kier alpha value is -2.05. The van der Waals surface area contributed by atoms with Gasteiger partial charge in [-0.05, 0) is 42.7 Å². The van der Waals surface area contributed by atoms with Crippen molar-refractivity contribution >= 4 is 34.7 Å². The van der Waals surface area contributed by atoms with Gasteiger partial charge in [0.1, 0.15) is 5.76 Å². The Kier molecular flexibility index (Phi) is 4.16. The molecule has 0 fully saturated rings. The molecule has 3 aromatic rings. The number of rotatable bonds is 2. The third kappa shape index (κ3) is 2.76. The van der Waals surface area contributed by atoms with Crippen LogP contribution in [0.1, 0.15) is 22.7 Å².